The third-order valence-electron chi connectivity index (χ3n) is 4.47. The summed E-state index contributed by atoms with van der Waals surface area (Å²) in [6, 6.07) is 19.0. The van der Waals surface area contributed by atoms with E-state index in [0.717, 1.165) is 11.3 Å². The third kappa shape index (κ3) is 3.62. The summed E-state index contributed by atoms with van der Waals surface area (Å²) < 4.78 is 6.87. The maximum absolute atomic E-state index is 13.1. The van der Waals surface area contributed by atoms with E-state index in [1.165, 1.54) is 0 Å². The SMILES string of the molecule is CCOC(=O)c1c(C)n(-c2ccccc2)c(N)c(Cc2ccccc2)c1=O. The number of nitrogens with two attached hydrogens (primary N) is 1. The van der Waals surface area contributed by atoms with Gasteiger partial charge in [0.05, 0.1) is 6.61 Å². The van der Waals surface area contributed by atoms with E-state index in [2.05, 4.69) is 0 Å². The molecule has 0 atom stereocenters. The number of nitrogens with zero attached hydrogens (tertiary/aromatic N) is 1. The molecule has 2 N–H and O–H groups in total. The first-order chi connectivity index (χ1) is 13.0. The second-order valence-electron chi connectivity index (χ2n) is 6.21. The monoisotopic (exact) mass is 362 g/mol. The zero-order chi connectivity index (χ0) is 19.4. The van der Waals surface area contributed by atoms with Gasteiger partial charge in [0.2, 0.25) is 5.43 Å². The standard InChI is InChI=1S/C22H22N2O3/c1-3-27-22(26)19-15(2)24(17-12-8-5-9-13-17)21(23)18(20(19)25)14-16-10-6-4-7-11-16/h4-13H,3,14,23H2,1-2H3. The Labute approximate surface area is 158 Å². The van der Waals surface area contributed by atoms with Crippen molar-refractivity contribution < 1.29 is 9.53 Å². The van der Waals surface area contributed by atoms with Gasteiger partial charge >= 0.3 is 5.97 Å². The molecular weight excluding hydrogens is 340 g/mol. The van der Waals surface area contributed by atoms with Gasteiger partial charge in [-0.2, -0.15) is 0 Å². The maximum atomic E-state index is 13.1. The van der Waals surface area contributed by atoms with Crippen LogP contribution in [0.2, 0.25) is 0 Å². The summed E-state index contributed by atoms with van der Waals surface area (Å²) in [5.74, 6) is -0.292. The fraction of sp³-hybridized carbons (Fsp3) is 0.182. The Morgan fingerprint density at radius 1 is 1.04 bits per heavy atom. The number of benzene rings is 2. The lowest BCUT2D eigenvalue weighted by Crippen LogP contribution is -2.28. The minimum absolute atomic E-state index is 0.0286. The average Bonchev–Trinajstić information content (AvgIpc) is 2.67. The Balaban J connectivity index is 2.28. The summed E-state index contributed by atoms with van der Waals surface area (Å²) in [5.41, 5.74) is 8.66. The molecule has 1 aromatic heterocycles. The first-order valence-electron chi connectivity index (χ1n) is 8.85. The van der Waals surface area contributed by atoms with Gasteiger partial charge in [-0.25, -0.2) is 4.79 Å². The number of hydrogen-bond acceptors (Lipinski definition) is 4. The molecule has 0 aliphatic rings. The Bertz CT molecular complexity index is 1010. The largest absolute Gasteiger partial charge is 0.462 e. The van der Waals surface area contributed by atoms with Crippen LogP contribution in [0.15, 0.2) is 65.5 Å². The van der Waals surface area contributed by atoms with E-state index in [4.69, 9.17) is 10.5 Å². The zero-order valence-electron chi connectivity index (χ0n) is 15.4. The number of carbonyl (C=O) groups excluding carboxylic acids is 1. The molecule has 0 saturated heterocycles. The van der Waals surface area contributed by atoms with Gasteiger partial charge in [-0.05, 0) is 31.5 Å². The Hall–Kier alpha value is -3.34. The van der Waals surface area contributed by atoms with Gasteiger partial charge in [0, 0.05) is 23.4 Å². The normalized spacial score (nSPS) is 10.6. The van der Waals surface area contributed by atoms with E-state index in [-0.39, 0.29) is 17.6 Å². The molecule has 2 aromatic carbocycles. The third-order valence-corrected chi connectivity index (χ3v) is 4.47. The van der Waals surface area contributed by atoms with E-state index < -0.39 is 5.97 Å². The number of nitrogen functional groups attached to an aromatic ring is 1. The lowest BCUT2D eigenvalue weighted by atomic mass is 10.0. The number of anilines is 1. The number of pyridine rings is 1. The molecule has 0 amide bonds. The Morgan fingerprint density at radius 2 is 1.63 bits per heavy atom. The Kier molecular flexibility index (Phi) is 5.41. The van der Waals surface area contributed by atoms with Gasteiger partial charge in [0.1, 0.15) is 11.4 Å². The zero-order valence-corrected chi connectivity index (χ0v) is 15.4. The predicted octanol–water partition coefficient (Wildman–Crippen LogP) is 3.50. The Morgan fingerprint density at radius 3 is 2.22 bits per heavy atom. The number of hydrogen-bond donors (Lipinski definition) is 1. The molecule has 0 radical (unpaired) electrons. The second kappa shape index (κ2) is 7.91. The summed E-state index contributed by atoms with van der Waals surface area (Å²) in [4.78, 5) is 25.6. The summed E-state index contributed by atoms with van der Waals surface area (Å²) >= 11 is 0. The highest BCUT2D eigenvalue weighted by Crippen LogP contribution is 2.23. The molecule has 0 aliphatic carbocycles. The molecule has 138 valence electrons. The van der Waals surface area contributed by atoms with Gasteiger partial charge in [-0.15, -0.1) is 0 Å². The van der Waals surface area contributed by atoms with Crippen LogP contribution in [0.25, 0.3) is 5.69 Å². The topological polar surface area (TPSA) is 74.3 Å². The molecule has 0 spiro atoms. The fourth-order valence-electron chi connectivity index (χ4n) is 3.18. The molecule has 0 saturated carbocycles. The lowest BCUT2D eigenvalue weighted by molar-refractivity contribution is 0.0523. The van der Waals surface area contributed by atoms with Crippen molar-refractivity contribution in [1.82, 2.24) is 4.57 Å². The van der Waals surface area contributed by atoms with Crippen LogP contribution in [-0.2, 0) is 11.2 Å². The first-order valence-corrected chi connectivity index (χ1v) is 8.85. The van der Waals surface area contributed by atoms with Crippen molar-refractivity contribution >= 4 is 11.8 Å². The van der Waals surface area contributed by atoms with Gasteiger partial charge in [0.25, 0.3) is 0 Å². The fourth-order valence-corrected chi connectivity index (χ4v) is 3.18. The first kappa shape index (κ1) is 18.5. The van der Waals surface area contributed by atoms with Crippen molar-refractivity contribution in [2.45, 2.75) is 20.3 Å². The second-order valence-corrected chi connectivity index (χ2v) is 6.21. The summed E-state index contributed by atoms with van der Waals surface area (Å²) in [7, 11) is 0. The van der Waals surface area contributed by atoms with Crippen LogP contribution < -0.4 is 11.2 Å². The smallest absolute Gasteiger partial charge is 0.343 e. The van der Waals surface area contributed by atoms with Crippen molar-refractivity contribution in [3.63, 3.8) is 0 Å². The number of aromatic nitrogens is 1. The molecule has 5 heteroatoms. The number of esters is 1. The predicted molar refractivity (Wildman–Crippen MR) is 106 cm³/mol. The highest BCUT2D eigenvalue weighted by Gasteiger charge is 2.24. The van der Waals surface area contributed by atoms with Crippen molar-refractivity contribution in [2.24, 2.45) is 0 Å². The molecule has 0 aliphatic heterocycles. The van der Waals surface area contributed by atoms with Gasteiger partial charge in [-0.3, -0.25) is 9.36 Å². The maximum Gasteiger partial charge on any atom is 0.343 e. The van der Waals surface area contributed by atoms with Crippen molar-refractivity contribution in [2.75, 3.05) is 12.3 Å². The van der Waals surface area contributed by atoms with Crippen LogP contribution in [0.4, 0.5) is 5.82 Å². The van der Waals surface area contributed by atoms with E-state index in [1.54, 1.807) is 18.4 Å². The highest BCUT2D eigenvalue weighted by atomic mass is 16.5. The summed E-state index contributed by atoms with van der Waals surface area (Å²) in [6.45, 7) is 3.62. The number of carbonyl (C=O) groups is 1. The lowest BCUT2D eigenvalue weighted by Gasteiger charge is -2.20. The molecule has 3 aromatic rings. The summed E-state index contributed by atoms with van der Waals surface area (Å²) in [6.07, 6.45) is 0.338. The minimum Gasteiger partial charge on any atom is -0.462 e. The van der Waals surface area contributed by atoms with Crippen molar-refractivity contribution in [3.05, 3.63) is 93.3 Å². The van der Waals surface area contributed by atoms with E-state index in [9.17, 15) is 9.59 Å². The van der Waals surface area contributed by atoms with Crippen LogP contribution in [0.1, 0.15) is 34.1 Å². The molecular formula is C22H22N2O3. The van der Waals surface area contributed by atoms with Gasteiger partial charge < -0.3 is 10.5 Å². The van der Waals surface area contributed by atoms with E-state index >= 15 is 0 Å². The number of para-hydroxylation sites is 1. The molecule has 0 bridgehead atoms. The van der Waals surface area contributed by atoms with E-state index in [0.29, 0.717) is 23.5 Å². The summed E-state index contributed by atoms with van der Waals surface area (Å²) in [5, 5.41) is 0. The van der Waals surface area contributed by atoms with Crippen LogP contribution in [0.3, 0.4) is 0 Å². The van der Waals surface area contributed by atoms with Crippen molar-refractivity contribution in [3.8, 4) is 5.69 Å². The number of rotatable bonds is 5. The molecule has 0 unspecified atom stereocenters. The molecule has 0 fully saturated rings. The van der Waals surface area contributed by atoms with Crippen molar-refractivity contribution in [1.29, 1.82) is 0 Å². The minimum atomic E-state index is -0.626. The number of ether oxygens (including phenoxy) is 1. The molecule has 3 rings (SSSR count). The molecule has 1 heterocycles. The highest BCUT2D eigenvalue weighted by molar-refractivity contribution is 5.91. The van der Waals surface area contributed by atoms with E-state index in [1.807, 2.05) is 60.7 Å². The van der Waals surface area contributed by atoms with Crippen LogP contribution in [0, 0.1) is 6.92 Å². The average molecular weight is 362 g/mol. The quantitative estimate of drug-likeness (QED) is 0.705. The molecule has 27 heavy (non-hydrogen) atoms. The molecule has 5 nitrogen and oxygen atoms in total. The van der Waals surface area contributed by atoms with Gasteiger partial charge in [-0.1, -0.05) is 48.5 Å². The van der Waals surface area contributed by atoms with Crippen LogP contribution in [-0.4, -0.2) is 17.1 Å². The van der Waals surface area contributed by atoms with Gasteiger partial charge in [0.15, 0.2) is 0 Å². The van der Waals surface area contributed by atoms with Crippen LogP contribution in [0.5, 0.6) is 0 Å². The van der Waals surface area contributed by atoms with Crippen LogP contribution >= 0.6 is 0 Å².